The summed E-state index contributed by atoms with van der Waals surface area (Å²) in [6.07, 6.45) is 1.80. The third kappa shape index (κ3) is 6.25. The van der Waals surface area contributed by atoms with Gasteiger partial charge in [0.25, 0.3) is 0 Å². The highest BCUT2D eigenvalue weighted by Gasteiger charge is 2.29. The summed E-state index contributed by atoms with van der Waals surface area (Å²) in [6, 6.07) is 9.55. The average molecular weight is 424 g/mol. The molecule has 1 atom stereocenters. The van der Waals surface area contributed by atoms with Gasteiger partial charge in [0.1, 0.15) is 0 Å². The Morgan fingerprint density at radius 1 is 1.10 bits per heavy atom. The number of likely N-dealkylation sites (tertiary alicyclic amines) is 1. The molecule has 2 heterocycles. The lowest BCUT2D eigenvalue weighted by molar-refractivity contribution is -0.135. The van der Waals surface area contributed by atoms with E-state index in [1.165, 1.54) is 4.31 Å². The number of amides is 2. The zero-order chi connectivity index (χ0) is 20.7. The topological polar surface area (TPSA) is 96.0 Å². The van der Waals surface area contributed by atoms with Gasteiger partial charge in [0.2, 0.25) is 21.8 Å². The number of hydrogen-bond donors (Lipinski definition) is 1. The van der Waals surface area contributed by atoms with Crippen molar-refractivity contribution in [1.29, 1.82) is 0 Å². The summed E-state index contributed by atoms with van der Waals surface area (Å²) in [6.45, 7) is 2.64. The van der Waals surface area contributed by atoms with Crippen molar-refractivity contribution in [1.82, 2.24) is 14.5 Å². The van der Waals surface area contributed by atoms with Gasteiger partial charge in [-0.25, -0.2) is 8.42 Å². The molecule has 1 aromatic carbocycles. The highest BCUT2D eigenvalue weighted by Crippen LogP contribution is 2.18. The van der Waals surface area contributed by atoms with E-state index in [2.05, 4.69) is 5.32 Å². The van der Waals surface area contributed by atoms with Gasteiger partial charge in [-0.05, 0) is 18.4 Å². The summed E-state index contributed by atoms with van der Waals surface area (Å²) < 4.78 is 31.2. The van der Waals surface area contributed by atoms with E-state index in [4.69, 9.17) is 4.74 Å². The fourth-order valence-corrected chi connectivity index (χ4v) is 5.03. The first-order valence-corrected chi connectivity index (χ1v) is 11.7. The van der Waals surface area contributed by atoms with E-state index < -0.39 is 10.0 Å². The number of morpholine rings is 1. The van der Waals surface area contributed by atoms with E-state index in [-0.39, 0.29) is 30.0 Å². The van der Waals surface area contributed by atoms with Crippen molar-refractivity contribution in [3.63, 3.8) is 0 Å². The van der Waals surface area contributed by atoms with Crippen molar-refractivity contribution in [2.24, 2.45) is 5.92 Å². The molecule has 3 rings (SSSR count). The molecule has 2 aliphatic heterocycles. The van der Waals surface area contributed by atoms with Crippen LogP contribution in [-0.2, 0) is 30.8 Å². The van der Waals surface area contributed by atoms with Gasteiger partial charge in [-0.3, -0.25) is 9.59 Å². The third-order valence-electron chi connectivity index (χ3n) is 5.37. The highest BCUT2D eigenvalue weighted by molar-refractivity contribution is 7.89. The zero-order valence-corrected chi connectivity index (χ0v) is 17.4. The molecule has 1 N–H and O–H groups in total. The summed E-state index contributed by atoms with van der Waals surface area (Å²) in [4.78, 5) is 26.8. The summed E-state index contributed by atoms with van der Waals surface area (Å²) in [7, 11) is -3.39. The second-order valence-corrected chi connectivity index (χ2v) is 9.55. The van der Waals surface area contributed by atoms with Crippen LogP contribution < -0.4 is 5.32 Å². The van der Waals surface area contributed by atoms with Crippen molar-refractivity contribution in [3.8, 4) is 0 Å². The molecule has 1 aromatic rings. The Morgan fingerprint density at radius 3 is 2.55 bits per heavy atom. The Hall–Kier alpha value is -1.97. The smallest absolute Gasteiger partial charge is 0.227 e. The number of benzene rings is 1. The number of piperidine rings is 1. The van der Waals surface area contributed by atoms with Gasteiger partial charge < -0.3 is 15.0 Å². The molecule has 2 fully saturated rings. The van der Waals surface area contributed by atoms with Crippen LogP contribution in [0, 0.1) is 5.92 Å². The Morgan fingerprint density at radius 2 is 1.83 bits per heavy atom. The van der Waals surface area contributed by atoms with Crippen LogP contribution in [0.1, 0.15) is 18.4 Å². The molecule has 0 aromatic heterocycles. The van der Waals surface area contributed by atoms with Crippen LogP contribution >= 0.6 is 0 Å². The Kier molecular flexibility index (Phi) is 7.63. The van der Waals surface area contributed by atoms with Gasteiger partial charge >= 0.3 is 0 Å². The molecule has 160 valence electrons. The number of rotatable bonds is 7. The first-order valence-electron chi connectivity index (χ1n) is 10.1. The summed E-state index contributed by atoms with van der Waals surface area (Å²) in [5.41, 5.74) is 0.956. The molecule has 2 amide bonds. The number of nitrogens with zero attached hydrogens (tertiary/aromatic N) is 2. The summed E-state index contributed by atoms with van der Waals surface area (Å²) in [5.74, 6) is -0.584. The number of sulfonamides is 1. The standard InChI is InChI=1S/C20H29N3O5S/c24-19(15-17-5-2-1-3-6-17)22-9-4-7-18(16-22)20(25)21-8-14-29(26,27)23-10-12-28-13-11-23/h1-3,5-6,18H,4,7-16H2,(H,21,25). The molecule has 29 heavy (non-hydrogen) atoms. The van der Waals surface area contributed by atoms with Crippen LogP contribution in [0.25, 0.3) is 0 Å². The first-order chi connectivity index (χ1) is 14.0. The fourth-order valence-electron chi connectivity index (χ4n) is 3.70. The largest absolute Gasteiger partial charge is 0.379 e. The van der Waals surface area contributed by atoms with E-state index in [0.717, 1.165) is 12.0 Å². The van der Waals surface area contributed by atoms with Crippen molar-refractivity contribution < 1.29 is 22.7 Å². The second-order valence-electron chi connectivity index (χ2n) is 7.46. The van der Waals surface area contributed by atoms with E-state index >= 15 is 0 Å². The molecule has 9 heteroatoms. The van der Waals surface area contributed by atoms with Gasteiger partial charge in [0.05, 0.1) is 31.3 Å². The molecular formula is C20H29N3O5S. The molecule has 1 unspecified atom stereocenters. The number of carbonyl (C=O) groups excluding carboxylic acids is 2. The van der Waals surface area contributed by atoms with Crippen molar-refractivity contribution in [2.45, 2.75) is 19.3 Å². The molecular weight excluding hydrogens is 394 g/mol. The van der Waals surface area contributed by atoms with Gasteiger partial charge in [-0.1, -0.05) is 30.3 Å². The van der Waals surface area contributed by atoms with Gasteiger partial charge in [0.15, 0.2) is 0 Å². The minimum Gasteiger partial charge on any atom is -0.379 e. The van der Waals surface area contributed by atoms with Crippen LogP contribution in [0.4, 0.5) is 0 Å². The SMILES string of the molecule is O=C(NCCS(=O)(=O)N1CCOCC1)C1CCCN(C(=O)Cc2ccccc2)C1. The Bertz CT molecular complexity index is 794. The second kappa shape index (κ2) is 10.2. The lowest BCUT2D eigenvalue weighted by Crippen LogP contribution is -2.47. The number of carbonyl (C=O) groups is 2. The average Bonchev–Trinajstić information content (AvgIpc) is 2.75. The number of hydrogen-bond acceptors (Lipinski definition) is 5. The first kappa shape index (κ1) is 21.7. The molecule has 0 saturated carbocycles. The van der Waals surface area contributed by atoms with E-state index in [9.17, 15) is 18.0 Å². The zero-order valence-electron chi connectivity index (χ0n) is 16.6. The minimum absolute atomic E-state index is 0.0172. The quantitative estimate of drug-likeness (QED) is 0.678. The van der Waals surface area contributed by atoms with Crippen LogP contribution in [0.15, 0.2) is 30.3 Å². The van der Waals surface area contributed by atoms with Crippen LogP contribution in [-0.4, -0.2) is 81.1 Å². The summed E-state index contributed by atoms with van der Waals surface area (Å²) >= 11 is 0. The predicted octanol–water partition coefficient (Wildman–Crippen LogP) is 0.246. The van der Waals surface area contributed by atoms with Crippen LogP contribution in [0.3, 0.4) is 0 Å². The number of nitrogens with one attached hydrogen (secondary N) is 1. The maximum Gasteiger partial charge on any atom is 0.227 e. The Labute approximate surface area is 172 Å². The van der Waals surface area contributed by atoms with E-state index in [1.807, 2.05) is 30.3 Å². The molecule has 2 saturated heterocycles. The van der Waals surface area contributed by atoms with Gasteiger partial charge in [-0.2, -0.15) is 4.31 Å². The minimum atomic E-state index is -3.39. The van der Waals surface area contributed by atoms with Crippen molar-refractivity contribution in [2.75, 3.05) is 51.7 Å². The lowest BCUT2D eigenvalue weighted by atomic mass is 9.96. The molecule has 2 aliphatic rings. The molecule has 0 bridgehead atoms. The fraction of sp³-hybridized carbons (Fsp3) is 0.600. The monoisotopic (exact) mass is 423 g/mol. The van der Waals surface area contributed by atoms with E-state index in [0.29, 0.717) is 52.2 Å². The Balaban J connectivity index is 1.45. The van der Waals surface area contributed by atoms with E-state index in [1.54, 1.807) is 4.90 Å². The van der Waals surface area contributed by atoms with Crippen molar-refractivity contribution >= 4 is 21.8 Å². The normalized spacial score (nSPS) is 21.0. The van der Waals surface area contributed by atoms with Gasteiger partial charge in [0, 0.05) is 32.7 Å². The third-order valence-corrected chi connectivity index (χ3v) is 7.24. The van der Waals surface area contributed by atoms with Crippen LogP contribution in [0.2, 0.25) is 0 Å². The molecule has 8 nitrogen and oxygen atoms in total. The maximum atomic E-state index is 12.6. The molecule has 0 radical (unpaired) electrons. The highest BCUT2D eigenvalue weighted by atomic mass is 32.2. The molecule has 0 aliphatic carbocycles. The van der Waals surface area contributed by atoms with Crippen molar-refractivity contribution in [3.05, 3.63) is 35.9 Å². The van der Waals surface area contributed by atoms with Crippen LogP contribution in [0.5, 0.6) is 0 Å². The maximum absolute atomic E-state index is 12.6. The van der Waals surface area contributed by atoms with Gasteiger partial charge in [-0.15, -0.1) is 0 Å². The summed E-state index contributed by atoms with van der Waals surface area (Å²) in [5, 5.41) is 2.74. The predicted molar refractivity (Wildman–Crippen MR) is 109 cm³/mol. The molecule has 0 spiro atoms. The lowest BCUT2D eigenvalue weighted by Gasteiger charge is -2.32. The number of ether oxygens (including phenoxy) is 1.